The quantitative estimate of drug-likeness (QED) is 0.700. The van der Waals surface area contributed by atoms with Gasteiger partial charge in [-0.1, -0.05) is 13.8 Å². The van der Waals surface area contributed by atoms with E-state index >= 15 is 0 Å². The predicted octanol–water partition coefficient (Wildman–Crippen LogP) is 1.24. The standard InChI is InChI=1S/C12H24N2O/c1-5-10(2)12(15)9-14-7-6-13(4)8-11(14)3/h10-11H,5-9H2,1-4H3. The molecule has 88 valence electrons. The minimum Gasteiger partial charge on any atom is -0.304 e. The molecule has 0 aliphatic carbocycles. The van der Waals surface area contributed by atoms with Crippen molar-refractivity contribution in [1.82, 2.24) is 9.80 Å². The third-order valence-electron chi connectivity index (χ3n) is 3.49. The Hall–Kier alpha value is -0.410. The minimum absolute atomic E-state index is 0.219. The van der Waals surface area contributed by atoms with Gasteiger partial charge < -0.3 is 4.90 Å². The highest BCUT2D eigenvalue weighted by Gasteiger charge is 2.24. The molecule has 1 saturated heterocycles. The molecule has 0 amide bonds. The maximum Gasteiger partial charge on any atom is 0.149 e. The molecule has 1 aliphatic rings. The van der Waals surface area contributed by atoms with Gasteiger partial charge in [0.2, 0.25) is 0 Å². The van der Waals surface area contributed by atoms with Gasteiger partial charge in [0.15, 0.2) is 0 Å². The van der Waals surface area contributed by atoms with E-state index in [1.54, 1.807) is 0 Å². The Labute approximate surface area is 93.4 Å². The van der Waals surface area contributed by atoms with Crippen LogP contribution in [0.3, 0.4) is 0 Å². The van der Waals surface area contributed by atoms with Crippen LogP contribution in [0.5, 0.6) is 0 Å². The van der Waals surface area contributed by atoms with Crippen molar-refractivity contribution in [3.8, 4) is 0 Å². The summed E-state index contributed by atoms with van der Waals surface area (Å²) in [6, 6.07) is 0.511. The highest BCUT2D eigenvalue weighted by molar-refractivity contribution is 5.82. The van der Waals surface area contributed by atoms with Crippen LogP contribution in [0.1, 0.15) is 27.2 Å². The van der Waals surface area contributed by atoms with Crippen molar-refractivity contribution in [2.24, 2.45) is 5.92 Å². The molecule has 0 radical (unpaired) electrons. The number of carbonyl (C=O) groups is 1. The van der Waals surface area contributed by atoms with Crippen LogP contribution in [0.2, 0.25) is 0 Å². The highest BCUT2D eigenvalue weighted by Crippen LogP contribution is 2.10. The fourth-order valence-corrected chi connectivity index (χ4v) is 2.00. The van der Waals surface area contributed by atoms with Crippen LogP contribution in [-0.2, 0) is 4.79 Å². The van der Waals surface area contributed by atoms with Gasteiger partial charge in [-0.3, -0.25) is 9.69 Å². The lowest BCUT2D eigenvalue weighted by molar-refractivity contribution is -0.124. The van der Waals surface area contributed by atoms with Gasteiger partial charge in [0.25, 0.3) is 0 Å². The van der Waals surface area contributed by atoms with Gasteiger partial charge >= 0.3 is 0 Å². The zero-order valence-corrected chi connectivity index (χ0v) is 10.5. The van der Waals surface area contributed by atoms with Crippen molar-refractivity contribution >= 4 is 5.78 Å². The van der Waals surface area contributed by atoms with Gasteiger partial charge in [-0.15, -0.1) is 0 Å². The van der Waals surface area contributed by atoms with Crippen molar-refractivity contribution in [3.05, 3.63) is 0 Å². The summed E-state index contributed by atoms with van der Waals surface area (Å²) in [6.45, 7) is 10.1. The summed E-state index contributed by atoms with van der Waals surface area (Å²) in [5, 5.41) is 0. The molecule has 0 aromatic rings. The van der Waals surface area contributed by atoms with Crippen LogP contribution >= 0.6 is 0 Å². The third-order valence-corrected chi connectivity index (χ3v) is 3.49. The third kappa shape index (κ3) is 3.58. The van der Waals surface area contributed by atoms with Crippen molar-refractivity contribution in [2.75, 3.05) is 33.2 Å². The first kappa shape index (κ1) is 12.7. The molecular weight excluding hydrogens is 188 g/mol. The molecule has 15 heavy (non-hydrogen) atoms. The minimum atomic E-state index is 0.219. The molecule has 2 unspecified atom stereocenters. The molecule has 2 atom stereocenters. The number of nitrogens with zero attached hydrogens (tertiary/aromatic N) is 2. The number of likely N-dealkylation sites (N-methyl/N-ethyl adjacent to an activating group) is 1. The van der Waals surface area contributed by atoms with E-state index in [1.165, 1.54) is 0 Å². The Morgan fingerprint density at radius 2 is 2.13 bits per heavy atom. The molecule has 0 bridgehead atoms. The van der Waals surface area contributed by atoms with E-state index in [0.717, 1.165) is 26.1 Å². The summed E-state index contributed by atoms with van der Waals surface area (Å²) in [5.41, 5.74) is 0. The maximum absolute atomic E-state index is 11.8. The zero-order chi connectivity index (χ0) is 11.4. The summed E-state index contributed by atoms with van der Waals surface area (Å²) in [7, 11) is 2.14. The topological polar surface area (TPSA) is 23.6 Å². The average molecular weight is 212 g/mol. The maximum atomic E-state index is 11.8. The number of carbonyl (C=O) groups excluding carboxylic acids is 1. The number of rotatable bonds is 4. The van der Waals surface area contributed by atoms with E-state index in [0.29, 0.717) is 18.4 Å². The number of piperazine rings is 1. The molecule has 1 aliphatic heterocycles. The Bertz CT molecular complexity index is 218. The van der Waals surface area contributed by atoms with Crippen molar-refractivity contribution < 1.29 is 4.79 Å². The Balaban J connectivity index is 2.41. The number of hydrogen-bond donors (Lipinski definition) is 0. The van der Waals surface area contributed by atoms with Crippen LogP contribution in [-0.4, -0.2) is 54.9 Å². The van der Waals surface area contributed by atoms with E-state index in [-0.39, 0.29) is 5.92 Å². The first-order chi connectivity index (χ1) is 7.04. The van der Waals surface area contributed by atoms with Gasteiger partial charge in [-0.2, -0.15) is 0 Å². The molecule has 3 heteroatoms. The second-order valence-corrected chi connectivity index (χ2v) is 4.86. The fraction of sp³-hybridized carbons (Fsp3) is 0.917. The molecule has 0 saturated carbocycles. The SMILES string of the molecule is CCC(C)C(=O)CN1CCN(C)CC1C. The van der Waals surface area contributed by atoms with Gasteiger partial charge in [-0.05, 0) is 20.4 Å². The van der Waals surface area contributed by atoms with Crippen LogP contribution in [0.15, 0.2) is 0 Å². The summed E-state index contributed by atoms with van der Waals surface area (Å²) in [6.07, 6.45) is 0.959. The lowest BCUT2D eigenvalue weighted by Gasteiger charge is -2.38. The van der Waals surface area contributed by atoms with Crippen LogP contribution < -0.4 is 0 Å². The normalized spacial score (nSPS) is 26.5. The largest absolute Gasteiger partial charge is 0.304 e. The summed E-state index contributed by atoms with van der Waals surface area (Å²) < 4.78 is 0. The van der Waals surface area contributed by atoms with E-state index < -0.39 is 0 Å². The van der Waals surface area contributed by atoms with Gasteiger partial charge in [0, 0.05) is 31.6 Å². The Morgan fingerprint density at radius 3 is 2.67 bits per heavy atom. The zero-order valence-electron chi connectivity index (χ0n) is 10.5. The monoisotopic (exact) mass is 212 g/mol. The Kier molecular flexibility index (Phi) is 4.74. The highest BCUT2D eigenvalue weighted by atomic mass is 16.1. The average Bonchev–Trinajstić information content (AvgIpc) is 2.20. The van der Waals surface area contributed by atoms with Crippen molar-refractivity contribution in [1.29, 1.82) is 0 Å². The Morgan fingerprint density at radius 1 is 1.47 bits per heavy atom. The summed E-state index contributed by atoms with van der Waals surface area (Å²) in [5.74, 6) is 0.616. The predicted molar refractivity (Wildman–Crippen MR) is 63.0 cm³/mol. The fourth-order valence-electron chi connectivity index (χ4n) is 2.00. The second-order valence-electron chi connectivity index (χ2n) is 4.86. The molecule has 0 aromatic carbocycles. The van der Waals surface area contributed by atoms with Gasteiger partial charge in [0.1, 0.15) is 5.78 Å². The van der Waals surface area contributed by atoms with E-state index in [2.05, 4.69) is 30.7 Å². The van der Waals surface area contributed by atoms with Crippen molar-refractivity contribution in [3.63, 3.8) is 0 Å². The summed E-state index contributed by atoms with van der Waals surface area (Å²) in [4.78, 5) is 16.5. The van der Waals surface area contributed by atoms with E-state index in [9.17, 15) is 4.79 Å². The first-order valence-corrected chi connectivity index (χ1v) is 5.99. The van der Waals surface area contributed by atoms with Gasteiger partial charge in [-0.25, -0.2) is 0 Å². The van der Waals surface area contributed by atoms with Crippen LogP contribution in [0, 0.1) is 5.92 Å². The van der Waals surface area contributed by atoms with Crippen LogP contribution in [0.25, 0.3) is 0 Å². The smallest absolute Gasteiger partial charge is 0.149 e. The number of Topliss-reactive ketones (excluding diaryl/α,β-unsaturated/α-hetero) is 1. The molecule has 0 aromatic heterocycles. The van der Waals surface area contributed by atoms with E-state index in [1.807, 2.05) is 6.92 Å². The molecule has 1 heterocycles. The molecule has 0 N–H and O–H groups in total. The molecular formula is C12H24N2O. The number of ketones is 1. The first-order valence-electron chi connectivity index (χ1n) is 5.99. The lowest BCUT2D eigenvalue weighted by atomic mass is 10.0. The second kappa shape index (κ2) is 5.61. The summed E-state index contributed by atoms with van der Waals surface area (Å²) >= 11 is 0. The van der Waals surface area contributed by atoms with Crippen molar-refractivity contribution in [2.45, 2.75) is 33.2 Å². The van der Waals surface area contributed by atoms with E-state index in [4.69, 9.17) is 0 Å². The molecule has 1 fully saturated rings. The molecule has 0 spiro atoms. The van der Waals surface area contributed by atoms with Gasteiger partial charge in [0.05, 0.1) is 6.54 Å². The molecule has 1 rings (SSSR count). The lowest BCUT2D eigenvalue weighted by Crippen LogP contribution is -2.52. The molecule has 3 nitrogen and oxygen atoms in total. The number of hydrogen-bond acceptors (Lipinski definition) is 3. The van der Waals surface area contributed by atoms with Crippen LogP contribution in [0.4, 0.5) is 0 Å².